The van der Waals surface area contributed by atoms with Gasteiger partial charge in [0.1, 0.15) is 0 Å². The lowest BCUT2D eigenvalue weighted by molar-refractivity contribution is -0.0698. The highest BCUT2D eigenvalue weighted by Crippen LogP contribution is 2.18. The molecule has 0 unspecified atom stereocenters. The van der Waals surface area contributed by atoms with Gasteiger partial charge in [-0.15, -0.1) is 0 Å². The van der Waals surface area contributed by atoms with E-state index in [4.69, 9.17) is 20.1 Å². The van der Waals surface area contributed by atoms with Gasteiger partial charge in [0.2, 0.25) is 0 Å². The fraction of sp³-hybridized carbons (Fsp3) is 1.00. The summed E-state index contributed by atoms with van der Waals surface area (Å²) in [5, 5.41) is 27.0. The summed E-state index contributed by atoms with van der Waals surface area (Å²) in [4.78, 5) is 0. The zero-order valence-corrected chi connectivity index (χ0v) is 9.29. The summed E-state index contributed by atoms with van der Waals surface area (Å²) in [6.07, 6.45) is 0. The molecule has 0 aliphatic heterocycles. The van der Waals surface area contributed by atoms with Crippen molar-refractivity contribution in [2.75, 3.05) is 33.0 Å². The molecule has 0 aliphatic rings. The van der Waals surface area contributed by atoms with Gasteiger partial charge in [-0.3, -0.25) is 0 Å². The molecule has 0 atom stereocenters. The Labute approximate surface area is 85.5 Å². The maximum atomic E-state index is 9.01. The Balaban J connectivity index is 3.95. The number of ether oxygens (including phenoxy) is 1. The van der Waals surface area contributed by atoms with Crippen LogP contribution in [0.3, 0.4) is 0 Å². The van der Waals surface area contributed by atoms with Crippen LogP contribution in [-0.2, 0) is 4.74 Å². The van der Waals surface area contributed by atoms with Crippen LogP contribution in [0, 0.1) is 10.8 Å². The van der Waals surface area contributed by atoms with Crippen molar-refractivity contribution in [1.82, 2.24) is 0 Å². The maximum absolute atomic E-state index is 9.01. The number of hydrogen-bond donors (Lipinski definition) is 3. The van der Waals surface area contributed by atoms with E-state index < -0.39 is 5.41 Å². The molecule has 0 bridgehead atoms. The van der Waals surface area contributed by atoms with Crippen molar-refractivity contribution in [2.45, 2.75) is 20.8 Å². The van der Waals surface area contributed by atoms with Crippen LogP contribution in [0.5, 0.6) is 0 Å². The molecule has 0 heterocycles. The van der Waals surface area contributed by atoms with Gasteiger partial charge in [0.25, 0.3) is 0 Å². The number of aliphatic hydroxyl groups is 3. The first-order valence-corrected chi connectivity index (χ1v) is 4.79. The van der Waals surface area contributed by atoms with Crippen LogP contribution in [0.4, 0.5) is 0 Å². The summed E-state index contributed by atoms with van der Waals surface area (Å²) < 4.78 is 5.36. The molecule has 0 rings (SSSR count). The predicted molar refractivity (Wildman–Crippen MR) is 54.0 cm³/mol. The summed E-state index contributed by atoms with van der Waals surface area (Å²) in [5.41, 5.74) is -0.864. The number of aliphatic hydroxyl groups excluding tert-OH is 3. The molecule has 4 nitrogen and oxygen atoms in total. The molecule has 4 heteroatoms. The average molecular weight is 206 g/mol. The summed E-state index contributed by atoms with van der Waals surface area (Å²) in [5.74, 6) is 0. The lowest BCUT2D eigenvalue weighted by atomic mass is 9.92. The van der Waals surface area contributed by atoms with Crippen molar-refractivity contribution in [3.8, 4) is 0 Å². The third-order valence-electron chi connectivity index (χ3n) is 1.95. The van der Waals surface area contributed by atoms with E-state index >= 15 is 0 Å². The average Bonchev–Trinajstić information content (AvgIpc) is 2.11. The fourth-order valence-corrected chi connectivity index (χ4v) is 0.861. The van der Waals surface area contributed by atoms with Crippen LogP contribution >= 0.6 is 0 Å². The Morgan fingerprint density at radius 2 is 1.29 bits per heavy atom. The van der Waals surface area contributed by atoms with Gasteiger partial charge in [0.05, 0.1) is 38.4 Å². The number of hydrogen-bond acceptors (Lipinski definition) is 4. The zero-order chi connectivity index (χ0) is 11.2. The van der Waals surface area contributed by atoms with Crippen molar-refractivity contribution in [3.05, 3.63) is 0 Å². The summed E-state index contributed by atoms with van der Waals surface area (Å²) in [6.45, 7) is 5.99. The zero-order valence-electron chi connectivity index (χ0n) is 9.29. The normalized spacial score (nSPS) is 13.3. The molecular weight excluding hydrogens is 184 g/mol. The Hall–Kier alpha value is -0.160. The van der Waals surface area contributed by atoms with E-state index in [1.165, 1.54) is 0 Å². The predicted octanol–water partition coefficient (Wildman–Crippen LogP) is 0.0124. The first kappa shape index (κ1) is 13.8. The molecule has 0 aromatic heterocycles. The van der Waals surface area contributed by atoms with Gasteiger partial charge in [-0.05, 0) is 5.41 Å². The highest BCUT2D eigenvalue weighted by atomic mass is 16.5. The van der Waals surface area contributed by atoms with Crippen molar-refractivity contribution in [1.29, 1.82) is 0 Å². The van der Waals surface area contributed by atoms with E-state index in [0.717, 1.165) is 0 Å². The lowest BCUT2D eigenvalue weighted by Crippen LogP contribution is -2.39. The largest absolute Gasteiger partial charge is 0.396 e. The summed E-state index contributed by atoms with van der Waals surface area (Å²) in [6, 6.07) is 0. The van der Waals surface area contributed by atoms with Crippen molar-refractivity contribution < 1.29 is 20.1 Å². The van der Waals surface area contributed by atoms with Gasteiger partial charge < -0.3 is 20.1 Å². The van der Waals surface area contributed by atoms with E-state index in [1.54, 1.807) is 0 Å². The maximum Gasteiger partial charge on any atom is 0.0629 e. The summed E-state index contributed by atoms with van der Waals surface area (Å²) >= 11 is 0. The third-order valence-corrected chi connectivity index (χ3v) is 1.95. The lowest BCUT2D eigenvalue weighted by Gasteiger charge is -2.28. The Bertz CT molecular complexity index is 138. The molecule has 0 fully saturated rings. The van der Waals surface area contributed by atoms with E-state index in [9.17, 15) is 0 Å². The van der Waals surface area contributed by atoms with Crippen LogP contribution in [0.2, 0.25) is 0 Å². The minimum Gasteiger partial charge on any atom is -0.396 e. The smallest absolute Gasteiger partial charge is 0.0629 e. The molecule has 0 aromatic rings. The third kappa shape index (κ3) is 4.91. The first-order valence-electron chi connectivity index (χ1n) is 4.79. The molecule has 86 valence electrons. The van der Waals surface area contributed by atoms with Gasteiger partial charge in [0.15, 0.2) is 0 Å². The Kier molecular flexibility index (Phi) is 5.59. The molecule has 14 heavy (non-hydrogen) atoms. The standard InChI is InChI=1S/C10H22O4/c1-9(2,3)7-14-8-10(4-11,5-12)6-13/h11-13H,4-8H2,1-3H3. The van der Waals surface area contributed by atoms with E-state index in [-0.39, 0.29) is 31.8 Å². The van der Waals surface area contributed by atoms with Crippen molar-refractivity contribution in [2.24, 2.45) is 10.8 Å². The SMILES string of the molecule is CC(C)(C)COCC(CO)(CO)CO. The first-order chi connectivity index (χ1) is 6.39. The van der Waals surface area contributed by atoms with Gasteiger partial charge in [-0.25, -0.2) is 0 Å². The summed E-state index contributed by atoms with van der Waals surface area (Å²) in [7, 11) is 0. The van der Waals surface area contributed by atoms with Gasteiger partial charge in [0, 0.05) is 0 Å². The molecule has 0 radical (unpaired) electrons. The van der Waals surface area contributed by atoms with Crippen LogP contribution in [0.25, 0.3) is 0 Å². The molecule has 0 amide bonds. The highest BCUT2D eigenvalue weighted by molar-refractivity contribution is 4.76. The van der Waals surface area contributed by atoms with Crippen LogP contribution in [0.1, 0.15) is 20.8 Å². The van der Waals surface area contributed by atoms with Gasteiger partial charge >= 0.3 is 0 Å². The quantitative estimate of drug-likeness (QED) is 0.572. The molecule has 0 saturated heterocycles. The van der Waals surface area contributed by atoms with E-state index in [2.05, 4.69) is 0 Å². The van der Waals surface area contributed by atoms with Crippen LogP contribution in [-0.4, -0.2) is 48.4 Å². The Morgan fingerprint density at radius 3 is 1.57 bits per heavy atom. The molecule has 0 aliphatic carbocycles. The highest BCUT2D eigenvalue weighted by Gasteiger charge is 2.29. The second-order valence-corrected chi connectivity index (χ2v) is 5.03. The molecule has 0 saturated carbocycles. The monoisotopic (exact) mass is 206 g/mol. The topological polar surface area (TPSA) is 69.9 Å². The molecule has 0 spiro atoms. The molecule has 0 aromatic carbocycles. The van der Waals surface area contributed by atoms with E-state index in [0.29, 0.717) is 6.61 Å². The molecular formula is C10H22O4. The minimum atomic E-state index is -0.911. The van der Waals surface area contributed by atoms with Crippen molar-refractivity contribution >= 4 is 0 Å². The van der Waals surface area contributed by atoms with E-state index in [1.807, 2.05) is 20.8 Å². The van der Waals surface area contributed by atoms with Crippen molar-refractivity contribution in [3.63, 3.8) is 0 Å². The fourth-order valence-electron chi connectivity index (χ4n) is 0.861. The second-order valence-electron chi connectivity index (χ2n) is 5.03. The van der Waals surface area contributed by atoms with Gasteiger partial charge in [-0.1, -0.05) is 20.8 Å². The van der Waals surface area contributed by atoms with Crippen LogP contribution in [0.15, 0.2) is 0 Å². The van der Waals surface area contributed by atoms with Crippen LogP contribution < -0.4 is 0 Å². The molecule has 3 N–H and O–H groups in total. The minimum absolute atomic E-state index is 0.0477. The number of rotatable bonds is 6. The Morgan fingerprint density at radius 1 is 0.857 bits per heavy atom. The second kappa shape index (κ2) is 5.66. The van der Waals surface area contributed by atoms with Gasteiger partial charge in [-0.2, -0.15) is 0 Å².